The molecule has 2 fully saturated rings. The minimum absolute atomic E-state index is 0.0506. The summed E-state index contributed by atoms with van der Waals surface area (Å²) in [7, 11) is 1.77. The van der Waals surface area contributed by atoms with E-state index in [-0.39, 0.29) is 29.8 Å². The lowest BCUT2D eigenvalue weighted by Crippen LogP contribution is -2.55. The van der Waals surface area contributed by atoms with Crippen molar-refractivity contribution in [1.29, 1.82) is 0 Å². The number of benzene rings is 1. The van der Waals surface area contributed by atoms with E-state index in [1.165, 1.54) is 11.8 Å². The fraction of sp³-hybridized carbons (Fsp3) is 0.583. The molecule has 0 bridgehead atoms. The lowest BCUT2D eigenvalue weighted by molar-refractivity contribution is -0.139. The second-order valence-corrected chi connectivity index (χ2v) is 8.90. The number of carbonyl (C=O) groups excluding carboxylic acids is 2. The number of hydrogen-bond donors (Lipinski definition) is 3. The quantitative estimate of drug-likeness (QED) is 0.682. The lowest BCUT2D eigenvalue weighted by atomic mass is 9.83. The summed E-state index contributed by atoms with van der Waals surface area (Å²) >= 11 is 0. The predicted molar refractivity (Wildman–Crippen MR) is 119 cm³/mol. The molecule has 162 valence electrons. The zero-order chi connectivity index (χ0) is 21.1. The number of H-pyrrole nitrogens is 1. The number of fused-ring (bicyclic) bond motifs is 1. The Labute approximate surface area is 178 Å². The van der Waals surface area contributed by atoms with Gasteiger partial charge in [0.2, 0.25) is 11.8 Å². The molecule has 3 N–H and O–H groups in total. The summed E-state index contributed by atoms with van der Waals surface area (Å²) in [4.78, 5) is 32.0. The van der Waals surface area contributed by atoms with Crippen LogP contribution >= 0.6 is 0 Å². The third-order valence-electron chi connectivity index (χ3n) is 6.96. The van der Waals surface area contributed by atoms with Gasteiger partial charge in [0, 0.05) is 17.8 Å². The molecule has 4 rings (SSSR count). The lowest BCUT2D eigenvalue weighted by Gasteiger charge is -2.35. The molecular weight excluding hydrogens is 376 g/mol. The SMILES string of the molecule is CNC(C)C(=O)N[C@H](C(=O)N1CCC[C@@H]1c1cc2ccccc2[nH]1)C1CCCCC1. The van der Waals surface area contributed by atoms with Crippen LogP contribution in [0.5, 0.6) is 0 Å². The first-order valence-corrected chi connectivity index (χ1v) is 11.4. The largest absolute Gasteiger partial charge is 0.357 e. The summed E-state index contributed by atoms with van der Waals surface area (Å²) in [6.45, 7) is 2.58. The Balaban J connectivity index is 1.57. The molecule has 1 aromatic carbocycles. The minimum Gasteiger partial charge on any atom is -0.357 e. The van der Waals surface area contributed by atoms with E-state index in [1.54, 1.807) is 7.05 Å². The van der Waals surface area contributed by atoms with Gasteiger partial charge in [0.05, 0.1) is 12.1 Å². The highest BCUT2D eigenvalue weighted by molar-refractivity contribution is 5.90. The average molecular weight is 411 g/mol. The Hall–Kier alpha value is -2.34. The maximum atomic E-state index is 13.8. The molecule has 2 aromatic rings. The monoisotopic (exact) mass is 410 g/mol. The van der Waals surface area contributed by atoms with Crippen LogP contribution in [0.25, 0.3) is 10.9 Å². The van der Waals surface area contributed by atoms with E-state index in [9.17, 15) is 9.59 Å². The Morgan fingerprint density at radius 1 is 1.10 bits per heavy atom. The van der Waals surface area contributed by atoms with Gasteiger partial charge in [-0.05, 0) is 63.1 Å². The molecule has 1 aromatic heterocycles. The maximum absolute atomic E-state index is 13.8. The molecule has 1 saturated heterocycles. The number of para-hydroxylation sites is 1. The van der Waals surface area contributed by atoms with Gasteiger partial charge in [-0.25, -0.2) is 0 Å². The molecule has 2 aliphatic rings. The summed E-state index contributed by atoms with van der Waals surface area (Å²) in [5, 5.41) is 7.27. The van der Waals surface area contributed by atoms with Crippen LogP contribution in [0.3, 0.4) is 0 Å². The fourth-order valence-corrected chi connectivity index (χ4v) is 5.07. The fourth-order valence-electron chi connectivity index (χ4n) is 5.07. The number of likely N-dealkylation sites (tertiary alicyclic amines) is 1. The van der Waals surface area contributed by atoms with Crippen LogP contribution in [0.15, 0.2) is 30.3 Å². The highest BCUT2D eigenvalue weighted by Crippen LogP contribution is 2.35. The second kappa shape index (κ2) is 9.21. The van der Waals surface area contributed by atoms with Crippen molar-refractivity contribution in [3.8, 4) is 0 Å². The van der Waals surface area contributed by atoms with Crippen molar-refractivity contribution >= 4 is 22.7 Å². The van der Waals surface area contributed by atoms with Crippen molar-refractivity contribution in [1.82, 2.24) is 20.5 Å². The van der Waals surface area contributed by atoms with Gasteiger partial charge in [-0.1, -0.05) is 37.5 Å². The standard InChI is InChI=1S/C24H34N4O2/c1-16(25-2)23(29)27-22(17-9-4-3-5-10-17)24(30)28-14-8-13-21(28)20-15-18-11-6-7-12-19(18)26-20/h6-7,11-12,15-17,21-22,25-26H,3-5,8-10,13-14H2,1-2H3,(H,27,29)/t16?,21-,22+/m1/s1. The molecule has 1 unspecified atom stereocenters. The van der Waals surface area contributed by atoms with Gasteiger partial charge in [-0.15, -0.1) is 0 Å². The molecule has 0 spiro atoms. The van der Waals surface area contributed by atoms with Crippen molar-refractivity contribution in [2.75, 3.05) is 13.6 Å². The molecule has 3 atom stereocenters. The summed E-state index contributed by atoms with van der Waals surface area (Å²) < 4.78 is 0. The van der Waals surface area contributed by atoms with Crippen LogP contribution in [-0.2, 0) is 9.59 Å². The van der Waals surface area contributed by atoms with Gasteiger partial charge in [0.25, 0.3) is 0 Å². The Morgan fingerprint density at radius 3 is 2.60 bits per heavy atom. The summed E-state index contributed by atoms with van der Waals surface area (Å²) in [5.74, 6) is 0.214. The molecule has 2 heterocycles. The van der Waals surface area contributed by atoms with E-state index >= 15 is 0 Å². The second-order valence-electron chi connectivity index (χ2n) is 8.90. The molecule has 1 aliphatic carbocycles. The van der Waals surface area contributed by atoms with E-state index in [0.717, 1.165) is 56.3 Å². The first kappa shape index (κ1) is 20.9. The highest BCUT2D eigenvalue weighted by Gasteiger charge is 2.39. The van der Waals surface area contributed by atoms with Crippen LogP contribution < -0.4 is 10.6 Å². The van der Waals surface area contributed by atoms with Crippen LogP contribution in [-0.4, -0.2) is 47.4 Å². The van der Waals surface area contributed by atoms with Crippen LogP contribution in [0.4, 0.5) is 0 Å². The van der Waals surface area contributed by atoms with Gasteiger partial charge in [0.15, 0.2) is 0 Å². The molecule has 1 saturated carbocycles. The van der Waals surface area contributed by atoms with E-state index in [1.807, 2.05) is 24.0 Å². The van der Waals surface area contributed by atoms with E-state index in [4.69, 9.17) is 0 Å². The van der Waals surface area contributed by atoms with Crippen molar-refractivity contribution in [2.45, 2.75) is 70.0 Å². The number of nitrogens with zero attached hydrogens (tertiary/aromatic N) is 1. The molecule has 2 amide bonds. The molecule has 30 heavy (non-hydrogen) atoms. The number of nitrogens with one attached hydrogen (secondary N) is 3. The van der Waals surface area contributed by atoms with Gasteiger partial charge < -0.3 is 20.5 Å². The zero-order valence-electron chi connectivity index (χ0n) is 18.1. The summed E-state index contributed by atoms with van der Waals surface area (Å²) in [5.41, 5.74) is 2.20. The number of aromatic nitrogens is 1. The molecule has 6 nitrogen and oxygen atoms in total. The van der Waals surface area contributed by atoms with Crippen molar-refractivity contribution in [3.63, 3.8) is 0 Å². The highest BCUT2D eigenvalue weighted by atomic mass is 16.2. The smallest absolute Gasteiger partial charge is 0.246 e. The van der Waals surface area contributed by atoms with Gasteiger partial charge >= 0.3 is 0 Å². The minimum atomic E-state index is -0.432. The van der Waals surface area contributed by atoms with E-state index in [0.29, 0.717) is 0 Å². The first-order chi connectivity index (χ1) is 14.6. The zero-order valence-corrected chi connectivity index (χ0v) is 18.1. The van der Waals surface area contributed by atoms with Gasteiger partial charge in [-0.3, -0.25) is 9.59 Å². The number of likely N-dealkylation sites (N-methyl/N-ethyl adjacent to an activating group) is 1. The Bertz CT molecular complexity index is 853. The predicted octanol–water partition coefficient (Wildman–Crippen LogP) is 3.50. The Kier molecular flexibility index (Phi) is 6.42. The van der Waals surface area contributed by atoms with E-state index < -0.39 is 6.04 Å². The number of amides is 2. The third kappa shape index (κ3) is 4.24. The van der Waals surface area contributed by atoms with Crippen LogP contribution in [0.1, 0.15) is 63.6 Å². The first-order valence-electron chi connectivity index (χ1n) is 11.4. The van der Waals surface area contributed by atoms with Crippen molar-refractivity contribution in [3.05, 3.63) is 36.0 Å². The van der Waals surface area contributed by atoms with Gasteiger partial charge in [0.1, 0.15) is 6.04 Å². The van der Waals surface area contributed by atoms with Gasteiger partial charge in [-0.2, -0.15) is 0 Å². The summed E-state index contributed by atoms with van der Waals surface area (Å²) in [6, 6.07) is 9.71. The van der Waals surface area contributed by atoms with Crippen LogP contribution in [0, 0.1) is 5.92 Å². The number of carbonyl (C=O) groups is 2. The molecule has 0 radical (unpaired) electrons. The molecular formula is C24H34N4O2. The maximum Gasteiger partial charge on any atom is 0.246 e. The van der Waals surface area contributed by atoms with Crippen LogP contribution in [0.2, 0.25) is 0 Å². The average Bonchev–Trinajstić information content (AvgIpc) is 3.43. The normalized spacial score (nSPS) is 22.2. The number of hydrogen-bond acceptors (Lipinski definition) is 3. The van der Waals surface area contributed by atoms with Crippen molar-refractivity contribution < 1.29 is 9.59 Å². The molecule has 1 aliphatic heterocycles. The van der Waals surface area contributed by atoms with Crippen molar-refractivity contribution in [2.24, 2.45) is 5.92 Å². The third-order valence-corrected chi connectivity index (χ3v) is 6.96. The molecule has 6 heteroatoms. The number of aromatic amines is 1. The Morgan fingerprint density at radius 2 is 1.87 bits per heavy atom. The van der Waals surface area contributed by atoms with E-state index in [2.05, 4.69) is 33.8 Å². The summed E-state index contributed by atoms with van der Waals surface area (Å²) in [6.07, 6.45) is 7.46. The number of rotatable bonds is 6. The topological polar surface area (TPSA) is 77.2 Å².